The van der Waals surface area contributed by atoms with Crippen LogP contribution in [0.15, 0.2) is 42.5 Å². The predicted octanol–water partition coefficient (Wildman–Crippen LogP) is 3.75. The molecule has 0 saturated heterocycles. The van der Waals surface area contributed by atoms with Gasteiger partial charge in [0.1, 0.15) is 17.4 Å². The topological polar surface area (TPSA) is 58.6 Å². The van der Waals surface area contributed by atoms with Gasteiger partial charge >= 0.3 is 0 Å². The van der Waals surface area contributed by atoms with E-state index >= 15 is 0 Å². The van der Waals surface area contributed by atoms with Crippen LogP contribution in [-0.2, 0) is 9.59 Å². The van der Waals surface area contributed by atoms with Crippen molar-refractivity contribution in [2.24, 2.45) is 0 Å². The maximum absolute atomic E-state index is 13.9. The molecule has 138 valence electrons. The van der Waals surface area contributed by atoms with Crippen molar-refractivity contribution in [2.75, 3.05) is 23.4 Å². The standard InChI is InChI=1S/C19H20F2N2O3/c1-3-26-16-7-5-15(6-8-16)22-19(25)10-11-23(13(2)24)18-9-4-14(20)12-17(18)21/h4-9,12H,3,10-11H2,1-2H3,(H,22,25). The summed E-state index contributed by atoms with van der Waals surface area (Å²) in [6.45, 7) is 3.65. The van der Waals surface area contributed by atoms with Gasteiger partial charge < -0.3 is 15.0 Å². The Morgan fingerprint density at radius 3 is 2.38 bits per heavy atom. The molecule has 5 nitrogen and oxygen atoms in total. The first-order valence-corrected chi connectivity index (χ1v) is 8.16. The third-order valence-corrected chi connectivity index (χ3v) is 3.59. The maximum atomic E-state index is 13.9. The zero-order valence-corrected chi connectivity index (χ0v) is 14.6. The Bertz CT molecular complexity index is 779. The first-order chi connectivity index (χ1) is 12.4. The minimum atomic E-state index is -0.855. The smallest absolute Gasteiger partial charge is 0.226 e. The number of rotatable bonds is 7. The van der Waals surface area contributed by atoms with Crippen molar-refractivity contribution in [1.29, 1.82) is 0 Å². The second kappa shape index (κ2) is 8.94. The van der Waals surface area contributed by atoms with E-state index in [9.17, 15) is 18.4 Å². The minimum absolute atomic E-state index is 0.0270. The Balaban J connectivity index is 1.98. The summed E-state index contributed by atoms with van der Waals surface area (Å²) in [5.41, 5.74) is 0.522. The number of halogens is 2. The van der Waals surface area contributed by atoms with E-state index in [1.165, 1.54) is 13.0 Å². The summed E-state index contributed by atoms with van der Waals surface area (Å²) >= 11 is 0. The normalized spacial score (nSPS) is 10.3. The highest BCUT2D eigenvalue weighted by Crippen LogP contribution is 2.21. The van der Waals surface area contributed by atoms with Gasteiger partial charge in [0.15, 0.2) is 0 Å². The number of nitrogens with one attached hydrogen (secondary N) is 1. The largest absolute Gasteiger partial charge is 0.494 e. The summed E-state index contributed by atoms with van der Waals surface area (Å²) in [6.07, 6.45) is -0.0381. The Morgan fingerprint density at radius 1 is 1.12 bits per heavy atom. The molecule has 7 heteroatoms. The van der Waals surface area contributed by atoms with Gasteiger partial charge in [-0.1, -0.05) is 0 Å². The van der Waals surface area contributed by atoms with Gasteiger partial charge in [0.2, 0.25) is 11.8 Å². The summed E-state index contributed by atoms with van der Waals surface area (Å²) in [7, 11) is 0. The lowest BCUT2D eigenvalue weighted by molar-refractivity contribution is -0.117. The number of ether oxygens (including phenoxy) is 1. The van der Waals surface area contributed by atoms with E-state index in [-0.39, 0.29) is 24.6 Å². The Morgan fingerprint density at radius 2 is 1.81 bits per heavy atom. The lowest BCUT2D eigenvalue weighted by Crippen LogP contribution is -2.32. The second-order valence-corrected chi connectivity index (χ2v) is 5.52. The van der Waals surface area contributed by atoms with Gasteiger partial charge in [0.25, 0.3) is 0 Å². The highest BCUT2D eigenvalue weighted by molar-refractivity contribution is 5.94. The fraction of sp³-hybridized carbons (Fsp3) is 0.263. The average Bonchev–Trinajstić information content (AvgIpc) is 2.58. The molecule has 0 unspecified atom stereocenters. The van der Waals surface area contributed by atoms with Gasteiger partial charge in [-0.3, -0.25) is 9.59 Å². The van der Waals surface area contributed by atoms with Crippen molar-refractivity contribution in [3.63, 3.8) is 0 Å². The average molecular weight is 362 g/mol. The molecule has 0 spiro atoms. The lowest BCUT2D eigenvalue weighted by Gasteiger charge is -2.21. The molecule has 0 aliphatic carbocycles. The molecule has 0 fully saturated rings. The molecule has 26 heavy (non-hydrogen) atoms. The first kappa shape index (κ1) is 19.4. The van der Waals surface area contributed by atoms with Gasteiger partial charge in [-0.25, -0.2) is 8.78 Å². The molecule has 0 atom stereocenters. The molecule has 0 aromatic heterocycles. The quantitative estimate of drug-likeness (QED) is 0.816. The molecule has 0 bridgehead atoms. The van der Waals surface area contributed by atoms with Crippen LogP contribution in [0.25, 0.3) is 0 Å². The lowest BCUT2D eigenvalue weighted by atomic mass is 10.2. The van der Waals surface area contributed by atoms with E-state index in [4.69, 9.17) is 4.74 Å². The number of anilines is 2. The van der Waals surface area contributed by atoms with Crippen molar-refractivity contribution in [1.82, 2.24) is 0 Å². The Labute approximate surface area is 150 Å². The van der Waals surface area contributed by atoms with Crippen LogP contribution in [0.5, 0.6) is 5.75 Å². The molecule has 1 N–H and O–H groups in total. The second-order valence-electron chi connectivity index (χ2n) is 5.52. The highest BCUT2D eigenvalue weighted by atomic mass is 19.1. The summed E-state index contributed by atoms with van der Waals surface area (Å²) in [4.78, 5) is 25.0. The molecule has 0 heterocycles. The van der Waals surface area contributed by atoms with Crippen molar-refractivity contribution in [3.8, 4) is 5.75 Å². The van der Waals surface area contributed by atoms with Crippen molar-refractivity contribution < 1.29 is 23.1 Å². The molecule has 0 aliphatic heterocycles. The molecular formula is C19H20F2N2O3. The number of benzene rings is 2. The summed E-state index contributed by atoms with van der Waals surface area (Å²) in [5.74, 6) is -1.66. The number of hydrogen-bond acceptors (Lipinski definition) is 3. The van der Waals surface area contributed by atoms with Crippen molar-refractivity contribution >= 4 is 23.2 Å². The zero-order chi connectivity index (χ0) is 19.1. The molecule has 2 aromatic carbocycles. The molecule has 0 radical (unpaired) electrons. The Hall–Kier alpha value is -2.96. The maximum Gasteiger partial charge on any atom is 0.226 e. The van der Waals surface area contributed by atoms with E-state index in [1.807, 2.05) is 6.92 Å². The predicted molar refractivity (Wildman–Crippen MR) is 95.2 cm³/mol. The summed E-state index contributed by atoms with van der Waals surface area (Å²) in [5, 5.41) is 2.69. The van der Waals surface area contributed by atoms with Crippen molar-refractivity contribution in [2.45, 2.75) is 20.3 Å². The monoisotopic (exact) mass is 362 g/mol. The van der Waals surface area contributed by atoms with Crippen molar-refractivity contribution in [3.05, 3.63) is 54.1 Å². The van der Waals surface area contributed by atoms with Crippen LogP contribution < -0.4 is 15.0 Å². The molecule has 0 aliphatic rings. The van der Waals surface area contributed by atoms with Gasteiger partial charge in [-0.15, -0.1) is 0 Å². The van der Waals surface area contributed by atoms with E-state index < -0.39 is 17.5 Å². The van der Waals surface area contributed by atoms with Crippen LogP contribution in [0.4, 0.5) is 20.2 Å². The number of amides is 2. The summed E-state index contributed by atoms with van der Waals surface area (Å²) < 4.78 is 32.2. The summed E-state index contributed by atoms with van der Waals surface area (Å²) in [6, 6.07) is 9.80. The minimum Gasteiger partial charge on any atom is -0.494 e. The first-order valence-electron chi connectivity index (χ1n) is 8.16. The third-order valence-electron chi connectivity index (χ3n) is 3.59. The number of carbonyl (C=O) groups is 2. The fourth-order valence-corrected chi connectivity index (χ4v) is 2.39. The molecular weight excluding hydrogens is 342 g/mol. The van der Waals surface area contributed by atoms with Gasteiger partial charge in [0.05, 0.1) is 12.3 Å². The van der Waals surface area contributed by atoms with Crippen LogP contribution in [0.2, 0.25) is 0 Å². The van der Waals surface area contributed by atoms with Crippen LogP contribution in [0.3, 0.4) is 0 Å². The van der Waals surface area contributed by atoms with Gasteiger partial charge in [0, 0.05) is 31.6 Å². The fourth-order valence-electron chi connectivity index (χ4n) is 2.39. The van der Waals surface area contributed by atoms with Gasteiger partial charge in [-0.2, -0.15) is 0 Å². The van der Waals surface area contributed by atoms with Crippen LogP contribution in [-0.4, -0.2) is 25.0 Å². The molecule has 2 aromatic rings. The highest BCUT2D eigenvalue weighted by Gasteiger charge is 2.17. The van der Waals surface area contributed by atoms with E-state index in [2.05, 4.69) is 5.32 Å². The Kier molecular flexibility index (Phi) is 6.66. The number of hydrogen-bond donors (Lipinski definition) is 1. The van der Waals surface area contributed by atoms with Crippen LogP contribution in [0, 0.1) is 11.6 Å². The van der Waals surface area contributed by atoms with Gasteiger partial charge in [-0.05, 0) is 43.3 Å². The molecule has 2 rings (SSSR count). The molecule has 2 amide bonds. The van der Waals surface area contributed by atoms with E-state index in [0.29, 0.717) is 24.1 Å². The SMILES string of the molecule is CCOc1ccc(NC(=O)CCN(C(C)=O)c2ccc(F)cc2F)cc1. The third kappa shape index (κ3) is 5.27. The number of carbonyl (C=O) groups excluding carboxylic acids is 2. The number of nitrogens with zero attached hydrogens (tertiary/aromatic N) is 1. The van der Waals surface area contributed by atoms with E-state index in [1.54, 1.807) is 24.3 Å². The van der Waals surface area contributed by atoms with Crippen LogP contribution >= 0.6 is 0 Å². The van der Waals surface area contributed by atoms with E-state index in [0.717, 1.165) is 11.0 Å². The van der Waals surface area contributed by atoms with Crippen LogP contribution in [0.1, 0.15) is 20.3 Å². The molecule has 0 saturated carbocycles. The zero-order valence-electron chi connectivity index (χ0n) is 14.6.